The average Bonchev–Trinajstić information content (AvgIpc) is 2.39. The molecule has 0 unspecified atom stereocenters. The summed E-state index contributed by atoms with van der Waals surface area (Å²) in [5, 5.41) is 5.90. The Bertz CT molecular complexity index is 278. The first-order valence-corrected chi connectivity index (χ1v) is 6.36. The van der Waals surface area contributed by atoms with Gasteiger partial charge in [0.25, 0.3) is 0 Å². The summed E-state index contributed by atoms with van der Waals surface area (Å²) in [6.45, 7) is 2.76. The fourth-order valence-electron chi connectivity index (χ4n) is 2.02. The molecule has 0 saturated carbocycles. The lowest BCUT2D eigenvalue weighted by atomic mass is 9.98. The Balaban J connectivity index is 2.27. The fourth-order valence-corrected chi connectivity index (χ4v) is 2.02. The number of carbonyl (C=O) groups excluding carboxylic acids is 2. The molecule has 0 aromatic carbocycles. The highest BCUT2D eigenvalue weighted by atomic mass is 16.5. The Morgan fingerprint density at radius 3 is 2.89 bits per heavy atom. The summed E-state index contributed by atoms with van der Waals surface area (Å²) < 4.78 is 4.84. The molecule has 0 aromatic rings. The van der Waals surface area contributed by atoms with Crippen molar-refractivity contribution in [3.63, 3.8) is 0 Å². The Morgan fingerprint density at radius 2 is 2.28 bits per heavy atom. The highest BCUT2D eigenvalue weighted by Gasteiger charge is 2.24. The minimum atomic E-state index is -0.147. The van der Waals surface area contributed by atoms with Crippen LogP contribution < -0.4 is 10.6 Å². The first kappa shape index (κ1) is 14.9. The largest absolute Gasteiger partial charge is 0.383 e. The summed E-state index contributed by atoms with van der Waals surface area (Å²) in [7, 11) is 3.25. The maximum atomic E-state index is 12.0. The molecule has 18 heavy (non-hydrogen) atoms. The van der Waals surface area contributed by atoms with Gasteiger partial charge in [0.1, 0.15) is 0 Å². The van der Waals surface area contributed by atoms with Crippen LogP contribution in [0.2, 0.25) is 0 Å². The van der Waals surface area contributed by atoms with Gasteiger partial charge >= 0.3 is 0 Å². The first-order valence-electron chi connectivity index (χ1n) is 6.36. The number of ether oxygens (including phenoxy) is 1. The van der Waals surface area contributed by atoms with Crippen LogP contribution in [-0.4, -0.2) is 63.7 Å². The second-order valence-electron chi connectivity index (χ2n) is 4.58. The van der Waals surface area contributed by atoms with E-state index in [2.05, 4.69) is 10.6 Å². The number of carbonyl (C=O) groups is 2. The van der Waals surface area contributed by atoms with Crippen LogP contribution in [0.25, 0.3) is 0 Å². The van der Waals surface area contributed by atoms with E-state index in [1.807, 2.05) is 0 Å². The molecule has 2 N–H and O–H groups in total. The molecule has 1 aliphatic rings. The molecule has 1 rings (SSSR count). The van der Waals surface area contributed by atoms with Crippen LogP contribution in [0.15, 0.2) is 0 Å². The van der Waals surface area contributed by atoms with Crippen LogP contribution >= 0.6 is 0 Å². The second kappa shape index (κ2) is 8.05. The minimum Gasteiger partial charge on any atom is -0.383 e. The Hall–Kier alpha value is -1.14. The van der Waals surface area contributed by atoms with Gasteiger partial charge in [-0.3, -0.25) is 9.59 Å². The molecule has 0 radical (unpaired) electrons. The SMILES string of the molecule is COCCNC(=O)CN(C)C(=O)[C@@H]1CCCNC1. The molecular weight excluding hydrogens is 234 g/mol. The number of rotatable bonds is 6. The molecule has 0 spiro atoms. The number of hydrogen-bond donors (Lipinski definition) is 2. The Labute approximate surface area is 108 Å². The summed E-state index contributed by atoms with van der Waals surface area (Å²) in [5.41, 5.74) is 0. The maximum absolute atomic E-state index is 12.0. The fraction of sp³-hybridized carbons (Fsp3) is 0.833. The van der Waals surface area contributed by atoms with Crippen LogP contribution in [-0.2, 0) is 14.3 Å². The summed E-state index contributed by atoms with van der Waals surface area (Å²) in [4.78, 5) is 25.1. The molecule has 1 aliphatic heterocycles. The van der Waals surface area contributed by atoms with Gasteiger partial charge in [0.05, 0.1) is 19.1 Å². The molecule has 1 saturated heterocycles. The molecule has 6 heteroatoms. The number of amides is 2. The number of nitrogens with one attached hydrogen (secondary N) is 2. The second-order valence-corrected chi connectivity index (χ2v) is 4.58. The number of methoxy groups -OCH3 is 1. The van der Waals surface area contributed by atoms with E-state index in [0.717, 1.165) is 19.4 Å². The van der Waals surface area contributed by atoms with Gasteiger partial charge in [-0.2, -0.15) is 0 Å². The molecule has 2 amide bonds. The third kappa shape index (κ3) is 5.01. The van der Waals surface area contributed by atoms with E-state index >= 15 is 0 Å². The van der Waals surface area contributed by atoms with Crippen LogP contribution in [0.5, 0.6) is 0 Å². The number of piperidine rings is 1. The molecule has 1 heterocycles. The minimum absolute atomic E-state index is 0.00975. The molecule has 1 atom stereocenters. The molecule has 1 fully saturated rings. The predicted molar refractivity (Wildman–Crippen MR) is 68.1 cm³/mol. The van der Waals surface area contributed by atoms with Crippen molar-refractivity contribution in [3.05, 3.63) is 0 Å². The van der Waals surface area contributed by atoms with Gasteiger partial charge in [0, 0.05) is 27.2 Å². The smallest absolute Gasteiger partial charge is 0.239 e. The standard InChI is InChI=1S/C12H23N3O3/c1-15(9-11(16)14-6-7-18-2)12(17)10-4-3-5-13-8-10/h10,13H,3-9H2,1-2H3,(H,14,16)/t10-/m1/s1. The lowest BCUT2D eigenvalue weighted by Gasteiger charge is -2.26. The first-order chi connectivity index (χ1) is 8.65. The zero-order chi connectivity index (χ0) is 13.4. The van der Waals surface area contributed by atoms with E-state index in [1.165, 1.54) is 4.90 Å². The summed E-state index contributed by atoms with van der Waals surface area (Å²) in [6, 6.07) is 0. The van der Waals surface area contributed by atoms with E-state index in [1.54, 1.807) is 14.2 Å². The predicted octanol–water partition coefficient (Wildman–Crippen LogP) is -0.793. The van der Waals surface area contributed by atoms with Crippen molar-refractivity contribution in [2.75, 3.05) is 46.9 Å². The van der Waals surface area contributed by atoms with Crippen LogP contribution in [0.1, 0.15) is 12.8 Å². The van der Waals surface area contributed by atoms with Crippen LogP contribution in [0, 0.1) is 5.92 Å². The average molecular weight is 257 g/mol. The van der Waals surface area contributed by atoms with Crippen molar-refractivity contribution in [2.24, 2.45) is 5.92 Å². The molecular formula is C12H23N3O3. The van der Waals surface area contributed by atoms with E-state index in [9.17, 15) is 9.59 Å². The number of hydrogen-bond acceptors (Lipinski definition) is 4. The normalized spacial score (nSPS) is 19.3. The highest BCUT2D eigenvalue weighted by Crippen LogP contribution is 2.12. The summed E-state index contributed by atoms with van der Waals surface area (Å²) >= 11 is 0. The van der Waals surface area contributed by atoms with Gasteiger partial charge in [0.2, 0.25) is 11.8 Å². The van der Waals surface area contributed by atoms with E-state index in [-0.39, 0.29) is 24.3 Å². The third-order valence-corrected chi connectivity index (χ3v) is 3.03. The Morgan fingerprint density at radius 1 is 1.50 bits per heavy atom. The monoisotopic (exact) mass is 257 g/mol. The van der Waals surface area contributed by atoms with Crippen LogP contribution in [0.4, 0.5) is 0 Å². The molecule has 0 bridgehead atoms. The topological polar surface area (TPSA) is 70.7 Å². The quantitative estimate of drug-likeness (QED) is 0.612. The van der Waals surface area contributed by atoms with E-state index < -0.39 is 0 Å². The maximum Gasteiger partial charge on any atom is 0.239 e. The van der Waals surface area contributed by atoms with E-state index in [4.69, 9.17) is 4.74 Å². The third-order valence-electron chi connectivity index (χ3n) is 3.03. The molecule has 0 aliphatic carbocycles. The summed E-state index contributed by atoms with van der Waals surface area (Å²) in [6.07, 6.45) is 1.92. The van der Waals surface area contributed by atoms with Crippen LogP contribution in [0.3, 0.4) is 0 Å². The van der Waals surface area contributed by atoms with Crippen molar-refractivity contribution in [1.29, 1.82) is 0 Å². The van der Waals surface area contributed by atoms with Gasteiger partial charge in [-0.05, 0) is 19.4 Å². The van der Waals surface area contributed by atoms with Crippen molar-refractivity contribution < 1.29 is 14.3 Å². The van der Waals surface area contributed by atoms with Crippen molar-refractivity contribution >= 4 is 11.8 Å². The van der Waals surface area contributed by atoms with Crippen molar-refractivity contribution in [2.45, 2.75) is 12.8 Å². The zero-order valence-electron chi connectivity index (χ0n) is 11.2. The van der Waals surface area contributed by atoms with Gasteiger partial charge < -0.3 is 20.3 Å². The van der Waals surface area contributed by atoms with Gasteiger partial charge in [-0.15, -0.1) is 0 Å². The lowest BCUT2D eigenvalue weighted by Crippen LogP contribution is -2.45. The van der Waals surface area contributed by atoms with Crippen molar-refractivity contribution in [3.8, 4) is 0 Å². The summed E-state index contributed by atoms with van der Waals surface area (Å²) in [5.74, 6) is -0.0914. The van der Waals surface area contributed by atoms with Gasteiger partial charge in [-0.25, -0.2) is 0 Å². The molecule has 6 nitrogen and oxygen atoms in total. The Kier molecular flexibility index (Phi) is 6.67. The zero-order valence-corrected chi connectivity index (χ0v) is 11.2. The van der Waals surface area contributed by atoms with Gasteiger partial charge in [0.15, 0.2) is 0 Å². The van der Waals surface area contributed by atoms with Gasteiger partial charge in [-0.1, -0.05) is 0 Å². The lowest BCUT2D eigenvalue weighted by molar-refractivity contribution is -0.138. The number of nitrogens with zero attached hydrogens (tertiary/aromatic N) is 1. The molecule has 0 aromatic heterocycles. The molecule has 104 valence electrons. The van der Waals surface area contributed by atoms with Crippen molar-refractivity contribution in [1.82, 2.24) is 15.5 Å². The van der Waals surface area contributed by atoms with E-state index in [0.29, 0.717) is 19.7 Å². The highest BCUT2D eigenvalue weighted by molar-refractivity contribution is 5.85. The number of likely N-dealkylation sites (N-methyl/N-ethyl adjacent to an activating group) is 1.